The number of hydrogen-bond donors (Lipinski definition) is 2. The van der Waals surface area contributed by atoms with Crippen molar-refractivity contribution in [2.75, 3.05) is 5.32 Å². The second-order valence-electron chi connectivity index (χ2n) is 3.21. The topological polar surface area (TPSA) is 50.4 Å². The van der Waals surface area contributed by atoms with Gasteiger partial charge in [0.1, 0.15) is 0 Å². The van der Waals surface area contributed by atoms with Crippen LogP contribution in [0.1, 0.15) is 19.4 Å². The Hall–Kier alpha value is -1.35. The molecule has 1 rings (SSSR count). The Kier molecular flexibility index (Phi) is 4.13. The molecule has 0 saturated carbocycles. The third-order valence-corrected chi connectivity index (χ3v) is 1.90. The zero-order valence-corrected chi connectivity index (χ0v) is 8.70. The lowest BCUT2D eigenvalue weighted by molar-refractivity contribution is 0.796. The summed E-state index contributed by atoms with van der Waals surface area (Å²) in [5.41, 5.74) is 7.83. The maximum atomic E-state index is 5.46. The largest absolute Gasteiger partial charge is 0.347 e. The molecule has 0 aliphatic rings. The zero-order chi connectivity index (χ0) is 10.4. The van der Waals surface area contributed by atoms with Crippen LogP contribution in [0.3, 0.4) is 0 Å². The van der Waals surface area contributed by atoms with Crippen LogP contribution in [0.15, 0.2) is 29.3 Å². The van der Waals surface area contributed by atoms with E-state index in [0.29, 0.717) is 0 Å². The first-order chi connectivity index (χ1) is 6.72. The molecule has 1 aromatic rings. The van der Waals surface area contributed by atoms with E-state index in [1.165, 1.54) is 5.56 Å². The maximum Gasteiger partial charge on any atom is 0.0958 e. The minimum absolute atomic E-state index is 0.155. The predicted molar refractivity (Wildman–Crippen MR) is 61.6 cm³/mol. The molecule has 3 nitrogen and oxygen atoms in total. The molecule has 76 valence electrons. The van der Waals surface area contributed by atoms with Crippen LogP contribution in [0.4, 0.5) is 5.69 Å². The molecular weight excluding hydrogens is 174 g/mol. The van der Waals surface area contributed by atoms with Crippen LogP contribution in [0.5, 0.6) is 0 Å². The SMILES string of the molecule is CCc1ccc(N/C=N\C(C)N)cc1. The van der Waals surface area contributed by atoms with E-state index in [4.69, 9.17) is 5.73 Å². The fourth-order valence-electron chi connectivity index (χ4n) is 1.07. The van der Waals surface area contributed by atoms with Crippen LogP contribution in [0.25, 0.3) is 0 Å². The molecular formula is C11H17N3. The van der Waals surface area contributed by atoms with Gasteiger partial charge in [-0.15, -0.1) is 0 Å². The quantitative estimate of drug-likeness (QED) is 0.565. The Labute approximate surface area is 85.0 Å². The number of rotatable bonds is 4. The summed E-state index contributed by atoms with van der Waals surface area (Å²) >= 11 is 0. The summed E-state index contributed by atoms with van der Waals surface area (Å²) in [5.74, 6) is 0. The molecule has 0 spiro atoms. The number of aryl methyl sites for hydroxylation is 1. The average Bonchev–Trinajstić information content (AvgIpc) is 2.18. The number of aliphatic imine (C=N–C) groups is 1. The Bertz CT molecular complexity index is 288. The summed E-state index contributed by atoms with van der Waals surface area (Å²) in [7, 11) is 0. The molecule has 0 aliphatic heterocycles. The van der Waals surface area contributed by atoms with Crippen LogP contribution >= 0.6 is 0 Å². The summed E-state index contributed by atoms with van der Waals surface area (Å²) in [6.07, 6.45) is 2.54. The molecule has 1 atom stereocenters. The lowest BCUT2D eigenvalue weighted by Gasteiger charge is -2.02. The van der Waals surface area contributed by atoms with E-state index in [2.05, 4.69) is 29.4 Å². The van der Waals surface area contributed by atoms with Gasteiger partial charge in [-0.2, -0.15) is 0 Å². The molecule has 0 saturated heterocycles. The van der Waals surface area contributed by atoms with Crippen molar-refractivity contribution in [1.29, 1.82) is 0 Å². The minimum atomic E-state index is -0.155. The molecule has 0 fully saturated rings. The number of nitrogens with two attached hydrogens (primary N) is 1. The molecule has 0 radical (unpaired) electrons. The van der Waals surface area contributed by atoms with Crippen molar-refractivity contribution < 1.29 is 0 Å². The zero-order valence-electron chi connectivity index (χ0n) is 8.70. The highest BCUT2D eigenvalue weighted by molar-refractivity contribution is 5.75. The van der Waals surface area contributed by atoms with E-state index in [1.807, 2.05) is 19.1 Å². The second-order valence-corrected chi connectivity index (χ2v) is 3.21. The molecule has 3 N–H and O–H groups in total. The summed E-state index contributed by atoms with van der Waals surface area (Å²) in [6, 6.07) is 8.27. The smallest absolute Gasteiger partial charge is 0.0958 e. The number of nitrogens with zero attached hydrogens (tertiary/aromatic N) is 1. The van der Waals surface area contributed by atoms with Gasteiger partial charge in [-0.05, 0) is 31.0 Å². The summed E-state index contributed by atoms with van der Waals surface area (Å²) in [4.78, 5) is 4.00. The third-order valence-electron chi connectivity index (χ3n) is 1.90. The number of anilines is 1. The highest BCUT2D eigenvalue weighted by Crippen LogP contribution is 2.08. The predicted octanol–water partition coefficient (Wildman–Crippen LogP) is 1.99. The van der Waals surface area contributed by atoms with Gasteiger partial charge in [0.2, 0.25) is 0 Å². The second kappa shape index (κ2) is 5.40. The number of nitrogens with one attached hydrogen (secondary N) is 1. The lowest BCUT2D eigenvalue weighted by Crippen LogP contribution is -2.12. The van der Waals surface area contributed by atoms with E-state index in [0.717, 1.165) is 12.1 Å². The molecule has 0 bridgehead atoms. The monoisotopic (exact) mass is 191 g/mol. The van der Waals surface area contributed by atoms with Gasteiger partial charge in [-0.1, -0.05) is 19.1 Å². The first kappa shape index (κ1) is 10.7. The van der Waals surface area contributed by atoms with Crippen molar-refractivity contribution >= 4 is 12.0 Å². The maximum absolute atomic E-state index is 5.46. The van der Waals surface area contributed by atoms with E-state index >= 15 is 0 Å². The third kappa shape index (κ3) is 3.58. The van der Waals surface area contributed by atoms with Crippen molar-refractivity contribution in [3.05, 3.63) is 29.8 Å². The molecule has 0 amide bonds. The van der Waals surface area contributed by atoms with Gasteiger partial charge in [-0.25, -0.2) is 0 Å². The molecule has 3 heteroatoms. The Morgan fingerprint density at radius 1 is 1.43 bits per heavy atom. The Morgan fingerprint density at radius 2 is 2.07 bits per heavy atom. The van der Waals surface area contributed by atoms with E-state index in [-0.39, 0.29) is 6.17 Å². The molecule has 0 aliphatic carbocycles. The standard InChI is InChI=1S/C11H17N3/c1-3-10-4-6-11(7-5-10)14-8-13-9(2)12/h4-9H,3,12H2,1-2H3,(H,13,14). The normalized spacial score (nSPS) is 13.1. The van der Waals surface area contributed by atoms with E-state index in [1.54, 1.807) is 6.34 Å². The van der Waals surface area contributed by atoms with Crippen LogP contribution < -0.4 is 11.1 Å². The molecule has 1 unspecified atom stereocenters. The molecule has 0 aromatic heterocycles. The highest BCUT2D eigenvalue weighted by Gasteiger charge is 1.90. The van der Waals surface area contributed by atoms with Crippen molar-refractivity contribution in [3.8, 4) is 0 Å². The van der Waals surface area contributed by atoms with Gasteiger partial charge >= 0.3 is 0 Å². The van der Waals surface area contributed by atoms with Gasteiger partial charge < -0.3 is 11.1 Å². The van der Waals surface area contributed by atoms with Crippen LogP contribution in [-0.4, -0.2) is 12.5 Å². The van der Waals surface area contributed by atoms with E-state index in [9.17, 15) is 0 Å². The van der Waals surface area contributed by atoms with Crippen LogP contribution in [0, 0.1) is 0 Å². The summed E-state index contributed by atoms with van der Waals surface area (Å²) in [5, 5.41) is 3.06. The summed E-state index contributed by atoms with van der Waals surface area (Å²) in [6.45, 7) is 3.97. The fraction of sp³-hybridized carbons (Fsp3) is 0.364. The van der Waals surface area contributed by atoms with Gasteiger partial charge in [0, 0.05) is 5.69 Å². The molecule has 14 heavy (non-hydrogen) atoms. The highest BCUT2D eigenvalue weighted by atomic mass is 15.0. The Balaban J connectivity index is 2.52. The van der Waals surface area contributed by atoms with Gasteiger partial charge in [0.05, 0.1) is 12.5 Å². The van der Waals surface area contributed by atoms with Crippen molar-refractivity contribution in [1.82, 2.24) is 0 Å². The van der Waals surface area contributed by atoms with Crippen molar-refractivity contribution in [2.45, 2.75) is 26.4 Å². The minimum Gasteiger partial charge on any atom is -0.347 e. The van der Waals surface area contributed by atoms with Crippen LogP contribution in [-0.2, 0) is 6.42 Å². The van der Waals surface area contributed by atoms with Crippen molar-refractivity contribution in [3.63, 3.8) is 0 Å². The molecule has 0 heterocycles. The van der Waals surface area contributed by atoms with Crippen LogP contribution in [0.2, 0.25) is 0 Å². The molecule has 1 aromatic carbocycles. The van der Waals surface area contributed by atoms with Gasteiger partial charge in [-0.3, -0.25) is 4.99 Å². The average molecular weight is 191 g/mol. The first-order valence-electron chi connectivity index (χ1n) is 4.85. The number of benzene rings is 1. The first-order valence-corrected chi connectivity index (χ1v) is 4.85. The number of hydrogen-bond acceptors (Lipinski definition) is 2. The Morgan fingerprint density at radius 3 is 2.57 bits per heavy atom. The summed E-state index contributed by atoms with van der Waals surface area (Å²) < 4.78 is 0. The van der Waals surface area contributed by atoms with E-state index < -0.39 is 0 Å². The van der Waals surface area contributed by atoms with Gasteiger partial charge in [0.15, 0.2) is 0 Å². The van der Waals surface area contributed by atoms with Crippen molar-refractivity contribution in [2.24, 2.45) is 10.7 Å². The fourth-order valence-corrected chi connectivity index (χ4v) is 1.07. The van der Waals surface area contributed by atoms with Gasteiger partial charge in [0.25, 0.3) is 0 Å². The lowest BCUT2D eigenvalue weighted by atomic mass is 10.1.